The van der Waals surface area contributed by atoms with Crippen molar-refractivity contribution < 1.29 is 17.9 Å². The maximum absolute atomic E-state index is 12.7. The van der Waals surface area contributed by atoms with Crippen LogP contribution in [0.1, 0.15) is 6.42 Å². The van der Waals surface area contributed by atoms with E-state index < -0.39 is 10.2 Å². The molecule has 0 saturated carbocycles. The van der Waals surface area contributed by atoms with Gasteiger partial charge in [0, 0.05) is 31.1 Å². The lowest BCUT2D eigenvalue weighted by molar-refractivity contribution is 0.356. The van der Waals surface area contributed by atoms with Gasteiger partial charge >= 0.3 is 10.2 Å². The molecule has 3 rings (SSSR count). The van der Waals surface area contributed by atoms with Crippen molar-refractivity contribution in [3.63, 3.8) is 0 Å². The van der Waals surface area contributed by atoms with Crippen LogP contribution in [0, 0.1) is 0 Å². The van der Waals surface area contributed by atoms with Crippen LogP contribution in [0.5, 0.6) is 11.5 Å². The van der Waals surface area contributed by atoms with E-state index in [0.717, 1.165) is 13.0 Å². The van der Waals surface area contributed by atoms with Crippen LogP contribution in [-0.4, -0.2) is 63.1 Å². The lowest BCUT2D eigenvalue weighted by Crippen LogP contribution is -2.38. The highest BCUT2D eigenvalue weighted by Crippen LogP contribution is 2.33. The summed E-state index contributed by atoms with van der Waals surface area (Å²) in [6.45, 7) is 2.30. The number of ether oxygens (including phenoxy) is 2. The molecule has 9 nitrogen and oxygen atoms in total. The van der Waals surface area contributed by atoms with Gasteiger partial charge in [-0.15, -0.1) is 0 Å². The summed E-state index contributed by atoms with van der Waals surface area (Å²) in [5, 5.41) is 3.72. The van der Waals surface area contributed by atoms with Gasteiger partial charge in [-0.05, 0) is 19.0 Å². The minimum Gasteiger partial charge on any atom is -0.493 e. The van der Waals surface area contributed by atoms with Crippen LogP contribution in [0.4, 0.5) is 5.82 Å². The number of hydrogen-bond acceptors (Lipinski definition) is 7. The third-order valence-corrected chi connectivity index (χ3v) is 5.50. The van der Waals surface area contributed by atoms with Crippen LogP contribution < -0.4 is 19.5 Å². The fourth-order valence-electron chi connectivity index (χ4n) is 2.71. The van der Waals surface area contributed by atoms with E-state index in [-0.39, 0.29) is 5.82 Å². The molecule has 1 saturated heterocycles. The van der Waals surface area contributed by atoms with Crippen molar-refractivity contribution in [1.29, 1.82) is 0 Å². The number of nitrogens with one attached hydrogen (secondary N) is 2. The van der Waals surface area contributed by atoms with Crippen molar-refractivity contribution in [3.8, 4) is 11.5 Å². The van der Waals surface area contributed by atoms with E-state index in [0.29, 0.717) is 42.0 Å². The number of rotatable bonds is 5. The van der Waals surface area contributed by atoms with Gasteiger partial charge in [0.1, 0.15) is 6.33 Å². The molecule has 10 heteroatoms. The van der Waals surface area contributed by atoms with Crippen molar-refractivity contribution in [1.82, 2.24) is 19.6 Å². The Balaban J connectivity index is 1.97. The molecule has 1 fully saturated rings. The molecule has 0 radical (unpaired) electrons. The number of hydrogen-bond donors (Lipinski definition) is 2. The second kappa shape index (κ2) is 7.38. The SMILES string of the molecule is COc1cc2ncnc(NS(=O)(=O)N3CCCNCC3)c2cc1OC. The predicted octanol–water partition coefficient (Wildman–Crippen LogP) is 0.599. The Hall–Kier alpha value is -2.17. The molecular formula is C15H21N5O4S. The summed E-state index contributed by atoms with van der Waals surface area (Å²) in [7, 11) is -0.660. The van der Waals surface area contributed by atoms with Gasteiger partial charge in [-0.1, -0.05) is 0 Å². The van der Waals surface area contributed by atoms with Gasteiger partial charge in [0.15, 0.2) is 17.3 Å². The predicted molar refractivity (Wildman–Crippen MR) is 94.2 cm³/mol. The van der Waals surface area contributed by atoms with Crippen LogP contribution in [0.2, 0.25) is 0 Å². The third-order valence-electron chi connectivity index (χ3n) is 4.01. The van der Waals surface area contributed by atoms with Gasteiger partial charge in [0.2, 0.25) is 0 Å². The first-order valence-electron chi connectivity index (χ1n) is 7.90. The maximum atomic E-state index is 12.7. The van der Waals surface area contributed by atoms with Gasteiger partial charge in [-0.25, -0.2) is 9.97 Å². The molecule has 2 heterocycles. The van der Waals surface area contributed by atoms with E-state index in [1.165, 1.54) is 24.9 Å². The molecule has 0 bridgehead atoms. The molecule has 1 aromatic heterocycles. The van der Waals surface area contributed by atoms with Crippen LogP contribution in [0.3, 0.4) is 0 Å². The van der Waals surface area contributed by atoms with E-state index in [9.17, 15) is 8.42 Å². The zero-order valence-electron chi connectivity index (χ0n) is 14.2. The number of benzene rings is 1. The monoisotopic (exact) mass is 367 g/mol. The molecule has 0 spiro atoms. The first-order chi connectivity index (χ1) is 12.0. The summed E-state index contributed by atoms with van der Waals surface area (Å²) >= 11 is 0. The molecule has 136 valence electrons. The van der Waals surface area contributed by atoms with Gasteiger partial charge < -0.3 is 14.8 Å². The standard InChI is InChI=1S/C15H21N5O4S/c1-23-13-8-11-12(9-14(13)24-2)17-10-18-15(11)19-25(21,22)20-6-3-4-16-5-7-20/h8-10,16H,3-7H2,1-2H3,(H,17,18,19). The molecule has 2 N–H and O–H groups in total. The van der Waals surface area contributed by atoms with Gasteiger partial charge in [0.25, 0.3) is 0 Å². The topological polar surface area (TPSA) is 106 Å². The molecule has 0 aliphatic carbocycles. The maximum Gasteiger partial charge on any atom is 0.302 e. The lowest BCUT2D eigenvalue weighted by Gasteiger charge is -2.20. The van der Waals surface area contributed by atoms with Gasteiger partial charge in [-0.3, -0.25) is 4.72 Å². The van der Waals surface area contributed by atoms with Crippen molar-refractivity contribution in [2.24, 2.45) is 0 Å². The highest BCUT2D eigenvalue weighted by atomic mass is 32.2. The Kier molecular flexibility index (Phi) is 5.21. The van der Waals surface area contributed by atoms with E-state index in [1.807, 2.05) is 0 Å². The highest BCUT2D eigenvalue weighted by Gasteiger charge is 2.24. The van der Waals surface area contributed by atoms with Crippen LogP contribution in [0.25, 0.3) is 10.9 Å². The minimum absolute atomic E-state index is 0.211. The molecule has 25 heavy (non-hydrogen) atoms. The summed E-state index contributed by atoms with van der Waals surface area (Å²) in [5.74, 6) is 1.20. The number of aromatic nitrogens is 2. The van der Waals surface area contributed by atoms with E-state index in [4.69, 9.17) is 9.47 Å². The first-order valence-corrected chi connectivity index (χ1v) is 9.34. The van der Waals surface area contributed by atoms with Crippen molar-refractivity contribution in [2.45, 2.75) is 6.42 Å². The van der Waals surface area contributed by atoms with Crippen LogP contribution >= 0.6 is 0 Å². The second-order valence-electron chi connectivity index (χ2n) is 5.56. The quantitative estimate of drug-likeness (QED) is 0.797. The summed E-state index contributed by atoms with van der Waals surface area (Å²) in [5.41, 5.74) is 0.558. The Bertz CT molecular complexity index is 850. The Morgan fingerprint density at radius 3 is 2.64 bits per heavy atom. The fourth-order valence-corrected chi connectivity index (χ4v) is 3.95. The van der Waals surface area contributed by atoms with Crippen LogP contribution in [0.15, 0.2) is 18.5 Å². The molecule has 1 aliphatic heterocycles. The Morgan fingerprint density at radius 2 is 1.88 bits per heavy atom. The smallest absolute Gasteiger partial charge is 0.302 e. The van der Waals surface area contributed by atoms with E-state index in [2.05, 4.69) is 20.0 Å². The lowest BCUT2D eigenvalue weighted by atomic mass is 10.2. The van der Waals surface area contributed by atoms with Gasteiger partial charge in [-0.2, -0.15) is 12.7 Å². The third kappa shape index (κ3) is 3.75. The summed E-state index contributed by atoms with van der Waals surface area (Å²) in [4.78, 5) is 8.28. The Morgan fingerprint density at radius 1 is 1.12 bits per heavy atom. The summed E-state index contributed by atoms with van der Waals surface area (Å²) in [6.07, 6.45) is 2.08. The van der Waals surface area contributed by atoms with Crippen LogP contribution in [-0.2, 0) is 10.2 Å². The average molecular weight is 367 g/mol. The number of nitrogens with zero attached hydrogens (tertiary/aromatic N) is 3. The average Bonchev–Trinajstić information content (AvgIpc) is 2.90. The zero-order valence-corrected chi connectivity index (χ0v) is 15.0. The fraction of sp³-hybridized carbons (Fsp3) is 0.467. The van der Waals surface area contributed by atoms with Crippen molar-refractivity contribution in [3.05, 3.63) is 18.5 Å². The molecule has 1 aliphatic rings. The largest absolute Gasteiger partial charge is 0.493 e. The van der Waals surface area contributed by atoms with Crippen molar-refractivity contribution >= 4 is 26.9 Å². The first kappa shape index (κ1) is 17.6. The minimum atomic E-state index is -3.71. The van der Waals surface area contributed by atoms with E-state index in [1.54, 1.807) is 12.1 Å². The molecular weight excluding hydrogens is 346 g/mol. The normalized spacial score (nSPS) is 16.4. The molecule has 2 aromatic rings. The summed E-state index contributed by atoms with van der Waals surface area (Å²) in [6, 6.07) is 3.35. The summed E-state index contributed by atoms with van der Waals surface area (Å²) < 4.78 is 39.9. The number of anilines is 1. The Labute approximate surface area is 146 Å². The second-order valence-corrected chi connectivity index (χ2v) is 7.23. The zero-order chi connectivity index (χ0) is 17.9. The highest BCUT2D eigenvalue weighted by molar-refractivity contribution is 7.90. The molecule has 0 atom stereocenters. The number of fused-ring (bicyclic) bond motifs is 1. The molecule has 0 amide bonds. The van der Waals surface area contributed by atoms with E-state index >= 15 is 0 Å². The van der Waals surface area contributed by atoms with Gasteiger partial charge in [0.05, 0.1) is 19.7 Å². The number of methoxy groups -OCH3 is 2. The van der Waals surface area contributed by atoms with Crippen molar-refractivity contribution in [2.75, 3.05) is 45.1 Å². The molecule has 0 unspecified atom stereocenters. The molecule has 1 aromatic carbocycles.